The van der Waals surface area contributed by atoms with Crippen LogP contribution in [0.15, 0.2) is 47.8 Å². The van der Waals surface area contributed by atoms with E-state index in [4.69, 9.17) is 11.6 Å². The summed E-state index contributed by atoms with van der Waals surface area (Å²) in [6, 6.07) is 10.5. The van der Waals surface area contributed by atoms with Crippen molar-refractivity contribution in [3.8, 4) is 17.3 Å². The van der Waals surface area contributed by atoms with Crippen LogP contribution >= 0.6 is 23.4 Å². The lowest BCUT2D eigenvalue weighted by atomic mass is 10.2. The van der Waals surface area contributed by atoms with E-state index in [-0.39, 0.29) is 5.88 Å². The Hall–Kier alpha value is -2.26. The highest BCUT2D eigenvalue weighted by Crippen LogP contribution is 2.26. The molecule has 0 radical (unpaired) electrons. The van der Waals surface area contributed by atoms with Gasteiger partial charge in [-0.25, -0.2) is 4.98 Å². The van der Waals surface area contributed by atoms with Crippen LogP contribution < -0.4 is 4.74 Å². The molecule has 0 amide bonds. The molecule has 0 unspecified atom stereocenters. The van der Waals surface area contributed by atoms with Crippen LogP contribution in [0.5, 0.6) is 5.88 Å². The normalized spacial score (nSPS) is 11.6. The average molecular weight is 415 g/mol. The van der Waals surface area contributed by atoms with Gasteiger partial charge in [-0.3, -0.25) is 0 Å². The van der Waals surface area contributed by atoms with Gasteiger partial charge >= 0.3 is 6.18 Å². The third-order valence-electron chi connectivity index (χ3n) is 3.49. The average Bonchev–Trinajstić information content (AvgIpc) is 3.00. The molecule has 0 bridgehead atoms. The number of alkyl halides is 3. The zero-order valence-electron chi connectivity index (χ0n) is 14.1. The van der Waals surface area contributed by atoms with Crippen molar-refractivity contribution < 1.29 is 17.9 Å². The Labute approximate surface area is 162 Å². The van der Waals surface area contributed by atoms with Gasteiger partial charge in [-0.1, -0.05) is 35.5 Å². The fourth-order valence-corrected chi connectivity index (χ4v) is 3.17. The Morgan fingerprint density at radius 3 is 2.48 bits per heavy atom. The molecular formula is C17H14ClF3N4OS. The molecule has 2 heterocycles. The summed E-state index contributed by atoms with van der Waals surface area (Å²) in [5.41, 5.74) is 1.73. The third kappa shape index (κ3) is 5.36. The second kappa shape index (κ2) is 8.18. The number of halogens is 4. The Balaban J connectivity index is 1.66. The van der Waals surface area contributed by atoms with Gasteiger partial charge in [-0.05, 0) is 23.8 Å². The molecule has 10 heteroatoms. The summed E-state index contributed by atoms with van der Waals surface area (Å²) in [7, 11) is 1.81. The highest BCUT2D eigenvalue weighted by Gasteiger charge is 2.28. The SMILES string of the molecule is Cn1c(SCc2ccc(Cl)cc2)nnc1-c1ccc(OCC(F)(F)F)nc1. The Morgan fingerprint density at radius 1 is 1.11 bits per heavy atom. The van der Waals surface area contributed by atoms with Crippen LogP contribution in [-0.2, 0) is 12.8 Å². The van der Waals surface area contributed by atoms with Crippen LogP contribution in [0.4, 0.5) is 13.2 Å². The zero-order chi connectivity index (χ0) is 19.4. The number of thioether (sulfide) groups is 1. The fraction of sp³-hybridized carbons (Fsp3) is 0.235. The van der Waals surface area contributed by atoms with Gasteiger partial charge in [0, 0.05) is 35.6 Å². The first-order valence-corrected chi connectivity index (χ1v) is 9.11. The van der Waals surface area contributed by atoms with E-state index in [9.17, 15) is 13.2 Å². The molecule has 3 rings (SSSR count). The first-order chi connectivity index (χ1) is 12.8. The summed E-state index contributed by atoms with van der Waals surface area (Å²) in [4.78, 5) is 3.89. The number of ether oxygens (including phenoxy) is 1. The largest absolute Gasteiger partial charge is 0.468 e. The van der Waals surface area contributed by atoms with Gasteiger partial charge in [0.2, 0.25) is 5.88 Å². The molecular weight excluding hydrogens is 401 g/mol. The lowest BCUT2D eigenvalue weighted by molar-refractivity contribution is -0.154. The van der Waals surface area contributed by atoms with Gasteiger partial charge in [-0.15, -0.1) is 10.2 Å². The quantitative estimate of drug-likeness (QED) is 0.544. The summed E-state index contributed by atoms with van der Waals surface area (Å²) < 4.78 is 42.9. The van der Waals surface area contributed by atoms with E-state index in [1.807, 2.05) is 31.3 Å². The number of hydrogen-bond donors (Lipinski definition) is 0. The number of nitrogens with zero attached hydrogens (tertiary/aromatic N) is 4. The van der Waals surface area contributed by atoms with Crippen molar-refractivity contribution in [2.24, 2.45) is 7.05 Å². The smallest absolute Gasteiger partial charge is 0.422 e. The predicted molar refractivity (Wildman–Crippen MR) is 96.8 cm³/mol. The molecule has 27 heavy (non-hydrogen) atoms. The molecule has 3 aromatic rings. The summed E-state index contributed by atoms with van der Waals surface area (Å²) in [6.45, 7) is -1.38. The van der Waals surface area contributed by atoms with Gasteiger partial charge in [0.15, 0.2) is 17.6 Å². The number of rotatable bonds is 6. The van der Waals surface area contributed by atoms with Crippen molar-refractivity contribution in [1.82, 2.24) is 19.7 Å². The molecule has 0 N–H and O–H groups in total. The van der Waals surface area contributed by atoms with Gasteiger partial charge in [0.05, 0.1) is 0 Å². The van der Waals surface area contributed by atoms with Gasteiger partial charge in [0.1, 0.15) is 0 Å². The van der Waals surface area contributed by atoms with E-state index in [0.29, 0.717) is 27.3 Å². The van der Waals surface area contributed by atoms with Crippen molar-refractivity contribution in [3.63, 3.8) is 0 Å². The third-order valence-corrected chi connectivity index (χ3v) is 4.84. The molecule has 1 aromatic carbocycles. The monoisotopic (exact) mass is 414 g/mol. The fourth-order valence-electron chi connectivity index (χ4n) is 2.17. The second-order valence-corrected chi connectivity index (χ2v) is 6.95. The molecule has 0 aliphatic carbocycles. The van der Waals surface area contributed by atoms with Crippen LogP contribution in [0, 0.1) is 0 Å². The van der Waals surface area contributed by atoms with E-state index in [1.165, 1.54) is 24.0 Å². The van der Waals surface area contributed by atoms with Crippen molar-refractivity contribution in [1.29, 1.82) is 0 Å². The van der Waals surface area contributed by atoms with Crippen molar-refractivity contribution in [2.45, 2.75) is 17.1 Å². The molecule has 0 aliphatic heterocycles. The highest BCUT2D eigenvalue weighted by atomic mass is 35.5. The highest BCUT2D eigenvalue weighted by molar-refractivity contribution is 7.98. The standard InChI is InChI=1S/C17H14ClF3N4OS/c1-25-15(12-4-7-14(22-8-12)26-10-17(19,20)21)23-24-16(25)27-9-11-2-5-13(18)6-3-11/h2-8H,9-10H2,1H3. The molecule has 0 atom stereocenters. The van der Waals surface area contributed by atoms with Gasteiger partial charge < -0.3 is 9.30 Å². The minimum absolute atomic E-state index is 0.101. The van der Waals surface area contributed by atoms with Gasteiger partial charge in [-0.2, -0.15) is 13.2 Å². The Kier molecular flexibility index (Phi) is 5.91. The zero-order valence-corrected chi connectivity index (χ0v) is 15.6. The number of pyridine rings is 1. The first-order valence-electron chi connectivity index (χ1n) is 7.74. The van der Waals surface area contributed by atoms with Gasteiger partial charge in [0.25, 0.3) is 0 Å². The van der Waals surface area contributed by atoms with E-state index in [0.717, 1.165) is 5.56 Å². The molecule has 0 aliphatic rings. The molecule has 0 spiro atoms. The first kappa shape index (κ1) is 19.5. The molecule has 0 saturated carbocycles. The van der Waals surface area contributed by atoms with E-state index in [2.05, 4.69) is 19.9 Å². The molecule has 142 valence electrons. The molecule has 0 fully saturated rings. The van der Waals surface area contributed by atoms with E-state index < -0.39 is 12.8 Å². The summed E-state index contributed by atoms with van der Waals surface area (Å²) in [6.07, 6.45) is -3.00. The predicted octanol–water partition coefficient (Wildman–Crippen LogP) is 4.76. The van der Waals surface area contributed by atoms with Crippen molar-refractivity contribution in [2.75, 3.05) is 6.61 Å². The number of hydrogen-bond acceptors (Lipinski definition) is 5. The minimum atomic E-state index is -4.40. The number of benzene rings is 1. The van der Waals surface area contributed by atoms with Crippen molar-refractivity contribution in [3.05, 3.63) is 53.2 Å². The molecule has 2 aromatic heterocycles. The maximum atomic E-state index is 12.2. The number of aromatic nitrogens is 4. The summed E-state index contributed by atoms with van der Waals surface area (Å²) in [5, 5.41) is 9.68. The van der Waals surface area contributed by atoms with E-state index in [1.54, 1.807) is 10.6 Å². The van der Waals surface area contributed by atoms with Crippen molar-refractivity contribution >= 4 is 23.4 Å². The topological polar surface area (TPSA) is 52.8 Å². The summed E-state index contributed by atoms with van der Waals surface area (Å²) >= 11 is 7.39. The van der Waals surface area contributed by atoms with E-state index >= 15 is 0 Å². The van der Waals surface area contributed by atoms with Crippen LogP contribution in [0.25, 0.3) is 11.4 Å². The molecule has 0 saturated heterocycles. The van der Waals surface area contributed by atoms with Crippen LogP contribution in [0.2, 0.25) is 5.02 Å². The Morgan fingerprint density at radius 2 is 1.85 bits per heavy atom. The maximum absolute atomic E-state index is 12.2. The Bertz CT molecular complexity index is 898. The molecule has 5 nitrogen and oxygen atoms in total. The lowest BCUT2D eigenvalue weighted by Gasteiger charge is -2.08. The maximum Gasteiger partial charge on any atom is 0.422 e. The second-order valence-electron chi connectivity index (χ2n) is 5.57. The lowest BCUT2D eigenvalue weighted by Crippen LogP contribution is -2.19. The van der Waals surface area contributed by atoms with Crippen LogP contribution in [0.3, 0.4) is 0 Å². The minimum Gasteiger partial charge on any atom is -0.468 e. The van der Waals surface area contributed by atoms with Crippen LogP contribution in [0.1, 0.15) is 5.56 Å². The summed E-state index contributed by atoms with van der Waals surface area (Å²) in [5.74, 6) is 1.16. The van der Waals surface area contributed by atoms with Crippen LogP contribution in [-0.4, -0.2) is 32.5 Å².